The summed E-state index contributed by atoms with van der Waals surface area (Å²) in [6, 6.07) is 6.32. The van der Waals surface area contributed by atoms with Crippen LogP contribution in [0.15, 0.2) is 30.6 Å². The van der Waals surface area contributed by atoms with E-state index < -0.39 is 0 Å². The zero-order valence-corrected chi connectivity index (χ0v) is 10.9. The lowest BCUT2D eigenvalue weighted by atomic mass is 10.2. The van der Waals surface area contributed by atoms with Gasteiger partial charge in [-0.05, 0) is 38.1 Å². The summed E-state index contributed by atoms with van der Waals surface area (Å²) in [4.78, 5) is 13.1. The molecule has 0 spiro atoms. The molecular weight excluding hydrogens is 238 g/mol. The Balaban J connectivity index is 1.81. The Morgan fingerprint density at radius 1 is 1.26 bits per heavy atom. The van der Waals surface area contributed by atoms with Crippen molar-refractivity contribution in [3.8, 4) is 11.4 Å². The fraction of sp³-hybridized carbons (Fsp3) is 0.357. The molecule has 0 bridgehead atoms. The first-order valence-corrected chi connectivity index (χ1v) is 6.55. The normalized spacial score (nSPS) is 18.5. The monoisotopic (exact) mass is 255 g/mol. The smallest absolute Gasteiger partial charge is 0.160 e. The van der Waals surface area contributed by atoms with E-state index in [1.165, 1.54) is 0 Å². The standard InChI is InChI=1S/C14H17N5/c1-10-12(14-16-6-2-7-17-14)3-4-13(18-10)19-11-5-8-15-9-11/h2-4,6-7,11,15H,5,8-9H2,1H3,(H,18,19)/t11-/m0/s1. The first-order valence-electron chi connectivity index (χ1n) is 6.55. The summed E-state index contributed by atoms with van der Waals surface area (Å²) in [7, 11) is 0. The first-order chi connectivity index (χ1) is 9.33. The van der Waals surface area contributed by atoms with Gasteiger partial charge in [-0.3, -0.25) is 0 Å². The van der Waals surface area contributed by atoms with Crippen LogP contribution >= 0.6 is 0 Å². The lowest BCUT2D eigenvalue weighted by Crippen LogP contribution is -2.22. The number of nitrogens with one attached hydrogen (secondary N) is 2. The van der Waals surface area contributed by atoms with Crippen LogP contribution in [0.5, 0.6) is 0 Å². The van der Waals surface area contributed by atoms with Crippen molar-refractivity contribution < 1.29 is 0 Å². The van der Waals surface area contributed by atoms with Gasteiger partial charge in [-0.25, -0.2) is 15.0 Å². The van der Waals surface area contributed by atoms with Crippen molar-refractivity contribution in [1.82, 2.24) is 20.3 Å². The molecule has 5 nitrogen and oxygen atoms in total. The van der Waals surface area contributed by atoms with E-state index in [0.29, 0.717) is 6.04 Å². The average molecular weight is 255 g/mol. The molecule has 2 aromatic rings. The van der Waals surface area contributed by atoms with Crippen molar-refractivity contribution in [2.75, 3.05) is 18.4 Å². The topological polar surface area (TPSA) is 62.7 Å². The predicted molar refractivity (Wildman–Crippen MR) is 74.9 cm³/mol. The minimum atomic E-state index is 0.478. The van der Waals surface area contributed by atoms with Gasteiger partial charge in [-0.1, -0.05) is 0 Å². The molecule has 0 saturated carbocycles. The number of aryl methyl sites for hydroxylation is 1. The highest BCUT2D eigenvalue weighted by molar-refractivity contribution is 5.60. The SMILES string of the molecule is Cc1nc(N[C@H]2CCNC2)ccc1-c1ncccn1. The zero-order valence-electron chi connectivity index (χ0n) is 10.9. The molecule has 0 aromatic carbocycles. The van der Waals surface area contributed by atoms with E-state index in [-0.39, 0.29) is 0 Å². The van der Waals surface area contributed by atoms with Crippen LogP contribution < -0.4 is 10.6 Å². The van der Waals surface area contributed by atoms with Crippen molar-refractivity contribution in [2.24, 2.45) is 0 Å². The Kier molecular flexibility index (Phi) is 3.37. The first kappa shape index (κ1) is 12.0. The number of rotatable bonds is 3. The van der Waals surface area contributed by atoms with Crippen LogP contribution in [0.25, 0.3) is 11.4 Å². The highest BCUT2D eigenvalue weighted by Gasteiger charge is 2.15. The summed E-state index contributed by atoms with van der Waals surface area (Å²) in [5.41, 5.74) is 1.93. The number of pyridine rings is 1. The van der Waals surface area contributed by atoms with Gasteiger partial charge >= 0.3 is 0 Å². The van der Waals surface area contributed by atoms with Gasteiger partial charge in [0, 0.05) is 30.5 Å². The molecule has 5 heteroatoms. The Morgan fingerprint density at radius 2 is 2.11 bits per heavy atom. The number of aromatic nitrogens is 3. The van der Waals surface area contributed by atoms with E-state index in [4.69, 9.17) is 0 Å². The third-order valence-electron chi connectivity index (χ3n) is 3.30. The van der Waals surface area contributed by atoms with Gasteiger partial charge in [-0.15, -0.1) is 0 Å². The molecule has 0 radical (unpaired) electrons. The second-order valence-electron chi connectivity index (χ2n) is 4.74. The van der Waals surface area contributed by atoms with Crippen molar-refractivity contribution in [3.05, 3.63) is 36.3 Å². The van der Waals surface area contributed by atoms with Gasteiger partial charge in [0.2, 0.25) is 0 Å². The quantitative estimate of drug-likeness (QED) is 0.872. The highest BCUT2D eigenvalue weighted by Crippen LogP contribution is 2.20. The second-order valence-corrected chi connectivity index (χ2v) is 4.74. The molecule has 0 unspecified atom stereocenters. The van der Waals surface area contributed by atoms with Crippen LogP contribution in [-0.4, -0.2) is 34.1 Å². The highest BCUT2D eigenvalue weighted by atomic mass is 15.1. The lowest BCUT2D eigenvalue weighted by Gasteiger charge is -2.13. The maximum Gasteiger partial charge on any atom is 0.160 e. The third-order valence-corrected chi connectivity index (χ3v) is 3.30. The van der Waals surface area contributed by atoms with Gasteiger partial charge in [0.05, 0.1) is 5.69 Å². The summed E-state index contributed by atoms with van der Waals surface area (Å²) in [5, 5.41) is 6.78. The molecule has 1 saturated heterocycles. The maximum absolute atomic E-state index is 4.59. The van der Waals surface area contributed by atoms with Crippen LogP contribution in [-0.2, 0) is 0 Å². The van der Waals surface area contributed by atoms with Gasteiger partial charge < -0.3 is 10.6 Å². The van der Waals surface area contributed by atoms with Crippen LogP contribution in [0.2, 0.25) is 0 Å². The fourth-order valence-corrected chi connectivity index (χ4v) is 2.30. The molecule has 19 heavy (non-hydrogen) atoms. The fourth-order valence-electron chi connectivity index (χ4n) is 2.30. The number of hydrogen-bond donors (Lipinski definition) is 2. The lowest BCUT2D eigenvalue weighted by molar-refractivity contribution is 0.787. The van der Waals surface area contributed by atoms with E-state index >= 15 is 0 Å². The molecule has 2 N–H and O–H groups in total. The van der Waals surface area contributed by atoms with Crippen molar-refractivity contribution in [1.29, 1.82) is 0 Å². The number of nitrogens with zero attached hydrogens (tertiary/aromatic N) is 3. The Hall–Kier alpha value is -2.01. The van der Waals surface area contributed by atoms with E-state index in [1.807, 2.05) is 25.1 Å². The Labute approximate surface area is 112 Å². The molecule has 1 atom stereocenters. The maximum atomic E-state index is 4.59. The summed E-state index contributed by atoms with van der Waals surface area (Å²) < 4.78 is 0. The molecule has 3 rings (SSSR count). The second kappa shape index (κ2) is 5.32. The molecular formula is C14H17N5. The molecule has 3 heterocycles. The van der Waals surface area contributed by atoms with Gasteiger partial charge in [0.1, 0.15) is 5.82 Å². The summed E-state index contributed by atoms with van der Waals surface area (Å²) >= 11 is 0. The van der Waals surface area contributed by atoms with Crippen LogP contribution in [0.1, 0.15) is 12.1 Å². The van der Waals surface area contributed by atoms with Gasteiger partial charge in [-0.2, -0.15) is 0 Å². The van der Waals surface area contributed by atoms with Crippen LogP contribution in [0.4, 0.5) is 5.82 Å². The Morgan fingerprint density at radius 3 is 2.79 bits per heavy atom. The molecule has 1 aliphatic heterocycles. The van der Waals surface area contributed by atoms with Crippen LogP contribution in [0, 0.1) is 6.92 Å². The van der Waals surface area contributed by atoms with Crippen molar-refractivity contribution >= 4 is 5.82 Å². The van der Waals surface area contributed by atoms with Gasteiger partial charge in [0.25, 0.3) is 0 Å². The van der Waals surface area contributed by atoms with Crippen molar-refractivity contribution in [3.63, 3.8) is 0 Å². The minimum Gasteiger partial charge on any atom is -0.366 e. The average Bonchev–Trinajstić information content (AvgIpc) is 2.93. The Bertz CT molecular complexity index is 549. The molecule has 98 valence electrons. The molecule has 2 aromatic heterocycles. The molecule has 0 amide bonds. The number of hydrogen-bond acceptors (Lipinski definition) is 5. The van der Waals surface area contributed by atoms with E-state index in [2.05, 4.69) is 25.6 Å². The molecule has 1 fully saturated rings. The van der Waals surface area contributed by atoms with Crippen molar-refractivity contribution in [2.45, 2.75) is 19.4 Å². The van der Waals surface area contributed by atoms with E-state index in [9.17, 15) is 0 Å². The largest absolute Gasteiger partial charge is 0.366 e. The number of anilines is 1. The minimum absolute atomic E-state index is 0.478. The molecule has 0 aliphatic carbocycles. The summed E-state index contributed by atoms with van der Waals surface area (Å²) in [6.07, 6.45) is 4.64. The predicted octanol–water partition coefficient (Wildman–Crippen LogP) is 1.62. The molecule has 1 aliphatic rings. The van der Waals surface area contributed by atoms with Crippen LogP contribution in [0.3, 0.4) is 0 Å². The zero-order chi connectivity index (χ0) is 13.1. The summed E-state index contributed by atoms with van der Waals surface area (Å²) in [6.45, 7) is 4.07. The van der Waals surface area contributed by atoms with Gasteiger partial charge in [0.15, 0.2) is 5.82 Å². The third kappa shape index (κ3) is 2.71. The van der Waals surface area contributed by atoms with E-state index in [1.54, 1.807) is 12.4 Å². The van der Waals surface area contributed by atoms with E-state index in [0.717, 1.165) is 42.4 Å². The summed E-state index contributed by atoms with van der Waals surface area (Å²) in [5.74, 6) is 1.65.